The van der Waals surface area contributed by atoms with Crippen LogP contribution in [0, 0.1) is 0 Å². The summed E-state index contributed by atoms with van der Waals surface area (Å²) < 4.78 is 23.0. The zero-order valence-electron chi connectivity index (χ0n) is 14.3. The van der Waals surface area contributed by atoms with E-state index in [-0.39, 0.29) is 22.6 Å². The fourth-order valence-corrected chi connectivity index (χ4v) is 4.49. The summed E-state index contributed by atoms with van der Waals surface area (Å²) in [7, 11) is -3.23. The highest BCUT2D eigenvalue weighted by atomic mass is 35.5. The van der Waals surface area contributed by atoms with Crippen molar-refractivity contribution in [3.8, 4) is 0 Å². The van der Waals surface area contributed by atoms with Gasteiger partial charge in [-0.25, -0.2) is 8.42 Å². The van der Waals surface area contributed by atoms with E-state index in [4.69, 9.17) is 23.2 Å². The second-order valence-electron chi connectivity index (χ2n) is 5.82. The van der Waals surface area contributed by atoms with Crippen LogP contribution in [-0.4, -0.2) is 26.3 Å². The minimum absolute atomic E-state index is 0.113. The van der Waals surface area contributed by atoms with Crippen molar-refractivity contribution in [2.45, 2.75) is 23.6 Å². The van der Waals surface area contributed by atoms with Crippen molar-refractivity contribution in [1.29, 1.82) is 0 Å². The first-order valence-electron chi connectivity index (χ1n) is 7.78. The molecule has 4 nitrogen and oxygen atoms in total. The van der Waals surface area contributed by atoms with Crippen molar-refractivity contribution in [3.05, 3.63) is 63.6 Å². The molecule has 0 bridgehead atoms. The van der Waals surface area contributed by atoms with Crippen molar-refractivity contribution < 1.29 is 13.2 Å². The topological polar surface area (TPSA) is 63.2 Å². The first-order chi connectivity index (χ1) is 12.2. The fraction of sp³-hybridized carbons (Fsp3) is 0.278. The second-order valence-corrected chi connectivity index (χ2v) is 9.64. The molecule has 8 heteroatoms. The normalized spacial score (nSPS) is 12.6. The van der Waals surface area contributed by atoms with E-state index in [1.165, 1.54) is 11.8 Å². The Labute approximate surface area is 168 Å². The molecule has 26 heavy (non-hydrogen) atoms. The van der Waals surface area contributed by atoms with E-state index < -0.39 is 9.84 Å². The Bertz CT molecular complexity index is 864. The standard InChI is InChI=1S/C18H19Cl2NO3S2/c1-12(13-6-8-14(9-7-13)26(2,23)24)21-18(22)11-25-10-15-16(19)4-3-5-17(15)20/h3-9,12H,10-11H2,1-2H3,(H,21,22)/t12-/m1/s1. The molecule has 0 aromatic heterocycles. The molecule has 2 aromatic carbocycles. The molecule has 0 radical (unpaired) electrons. The van der Waals surface area contributed by atoms with Gasteiger partial charge in [0.25, 0.3) is 0 Å². The van der Waals surface area contributed by atoms with Crippen molar-refractivity contribution in [2.24, 2.45) is 0 Å². The van der Waals surface area contributed by atoms with E-state index in [9.17, 15) is 13.2 Å². The van der Waals surface area contributed by atoms with Crippen LogP contribution in [-0.2, 0) is 20.4 Å². The maximum absolute atomic E-state index is 12.1. The Kier molecular flexibility index (Phi) is 7.41. The number of carbonyl (C=O) groups excluding carboxylic acids is 1. The molecular weight excluding hydrogens is 413 g/mol. The zero-order valence-corrected chi connectivity index (χ0v) is 17.5. The number of amides is 1. The van der Waals surface area contributed by atoms with Gasteiger partial charge < -0.3 is 5.32 Å². The summed E-state index contributed by atoms with van der Waals surface area (Å²) in [6.07, 6.45) is 1.16. The van der Waals surface area contributed by atoms with Crippen molar-refractivity contribution in [2.75, 3.05) is 12.0 Å². The van der Waals surface area contributed by atoms with Gasteiger partial charge in [-0.15, -0.1) is 11.8 Å². The largest absolute Gasteiger partial charge is 0.349 e. The summed E-state index contributed by atoms with van der Waals surface area (Å²) in [4.78, 5) is 12.4. The van der Waals surface area contributed by atoms with Gasteiger partial charge in [-0.2, -0.15) is 0 Å². The number of halogens is 2. The molecule has 0 aliphatic heterocycles. The number of carbonyl (C=O) groups is 1. The van der Waals surface area contributed by atoms with Gasteiger partial charge in [0.15, 0.2) is 9.84 Å². The lowest BCUT2D eigenvalue weighted by Gasteiger charge is -2.15. The van der Waals surface area contributed by atoms with E-state index in [0.29, 0.717) is 15.8 Å². The highest BCUT2D eigenvalue weighted by molar-refractivity contribution is 7.99. The fourth-order valence-electron chi connectivity index (χ4n) is 2.29. The van der Waals surface area contributed by atoms with Crippen molar-refractivity contribution >= 4 is 50.7 Å². The summed E-state index contributed by atoms with van der Waals surface area (Å²) in [5.41, 5.74) is 1.66. The maximum Gasteiger partial charge on any atom is 0.230 e. The van der Waals surface area contributed by atoms with Gasteiger partial charge in [-0.3, -0.25) is 4.79 Å². The SMILES string of the molecule is C[C@@H](NC(=O)CSCc1c(Cl)cccc1Cl)c1ccc(S(C)(=O)=O)cc1. The molecule has 0 saturated carbocycles. The Morgan fingerprint density at radius 1 is 1.12 bits per heavy atom. The van der Waals surface area contributed by atoms with Gasteiger partial charge in [-0.05, 0) is 42.3 Å². The first-order valence-corrected chi connectivity index (χ1v) is 11.6. The van der Waals surface area contributed by atoms with Gasteiger partial charge in [0.05, 0.1) is 16.7 Å². The Hall–Kier alpha value is -1.21. The molecule has 140 valence electrons. The quantitative estimate of drug-likeness (QED) is 0.700. The van der Waals surface area contributed by atoms with E-state index in [2.05, 4.69) is 5.32 Å². The number of hydrogen-bond acceptors (Lipinski definition) is 4. The lowest BCUT2D eigenvalue weighted by molar-refractivity contribution is -0.119. The van der Waals surface area contributed by atoms with Crippen LogP contribution in [0.2, 0.25) is 10.0 Å². The molecule has 0 fully saturated rings. The summed E-state index contributed by atoms with van der Waals surface area (Å²) in [6, 6.07) is 11.6. The number of hydrogen-bond donors (Lipinski definition) is 1. The van der Waals surface area contributed by atoms with Crippen LogP contribution in [0.3, 0.4) is 0 Å². The number of thioether (sulfide) groups is 1. The minimum atomic E-state index is -3.23. The molecule has 0 spiro atoms. The van der Waals surface area contributed by atoms with Crippen LogP contribution in [0.25, 0.3) is 0 Å². The third-order valence-corrected chi connectivity index (χ3v) is 6.52. The molecule has 1 amide bonds. The third-order valence-electron chi connectivity index (χ3n) is 3.73. The average molecular weight is 432 g/mol. The maximum atomic E-state index is 12.1. The molecule has 2 aromatic rings. The van der Waals surface area contributed by atoms with Crippen molar-refractivity contribution in [1.82, 2.24) is 5.32 Å². The van der Waals surface area contributed by atoms with Crippen LogP contribution in [0.15, 0.2) is 47.4 Å². The van der Waals surface area contributed by atoms with Gasteiger partial charge in [0, 0.05) is 22.1 Å². The third kappa shape index (κ3) is 5.91. The van der Waals surface area contributed by atoms with Gasteiger partial charge in [0.2, 0.25) is 5.91 Å². The molecule has 0 aliphatic carbocycles. The van der Waals surface area contributed by atoms with Crippen molar-refractivity contribution in [3.63, 3.8) is 0 Å². The number of nitrogens with one attached hydrogen (secondary N) is 1. The van der Waals surface area contributed by atoms with Gasteiger partial charge >= 0.3 is 0 Å². The van der Waals surface area contributed by atoms with Crippen LogP contribution < -0.4 is 5.32 Å². The summed E-state index contributed by atoms with van der Waals surface area (Å²) in [5, 5.41) is 4.07. The van der Waals surface area contributed by atoms with E-state index in [1.807, 2.05) is 6.92 Å². The lowest BCUT2D eigenvalue weighted by Crippen LogP contribution is -2.28. The smallest absolute Gasteiger partial charge is 0.230 e. The zero-order chi connectivity index (χ0) is 19.3. The average Bonchev–Trinajstić information content (AvgIpc) is 2.57. The minimum Gasteiger partial charge on any atom is -0.349 e. The summed E-state index contributed by atoms with van der Waals surface area (Å²) >= 11 is 13.7. The molecular formula is C18H19Cl2NO3S2. The predicted octanol–water partition coefficient (Wildman–Crippen LogP) is 4.51. The molecule has 2 rings (SSSR count). The monoisotopic (exact) mass is 431 g/mol. The lowest BCUT2D eigenvalue weighted by atomic mass is 10.1. The number of rotatable bonds is 7. The molecule has 1 N–H and O–H groups in total. The van der Waals surface area contributed by atoms with E-state index >= 15 is 0 Å². The highest BCUT2D eigenvalue weighted by Gasteiger charge is 2.13. The van der Waals surface area contributed by atoms with Crippen LogP contribution >= 0.6 is 35.0 Å². The van der Waals surface area contributed by atoms with E-state index in [1.54, 1.807) is 42.5 Å². The van der Waals surface area contributed by atoms with Crippen LogP contribution in [0.1, 0.15) is 24.1 Å². The molecule has 0 unspecified atom stereocenters. The van der Waals surface area contributed by atoms with Crippen LogP contribution in [0.4, 0.5) is 0 Å². The molecule has 0 saturated heterocycles. The van der Waals surface area contributed by atoms with Gasteiger partial charge in [0.1, 0.15) is 0 Å². The Balaban J connectivity index is 1.87. The second kappa shape index (κ2) is 9.13. The summed E-state index contributed by atoms with van der Waals surface area (Å²) in [6.45, 7) is 1.85. The Morgan fingerprint density at radius 2 is 1.69 bits per heavy atom. The Morgan fingerprint density at radius 3 is 2.23 bits per heavy atom. The molecule has 0 heterocycles. The molecule has 1 atom stereocenters. The first kappa shape index (κ1) is 21.1. The van der Waals surface area contributed by atoms with Gasteiger partial charge in [-0.1, -0.05) is 41.4 Å². The number of benzene rings is 2. The van der Waals surface area contributed by atoms with E-state index in [0.717, 1.165) is 17.4 Å². The predicted molar refractivity (Wildman–Crippen MR) is 109 cm³/mol. The summed E-state index contributed by atoms with van der Waals surface area (Å²) in [5.74, 6) is 0.703. The van der Waals surface area contributed by atoms with Crippen LogP contribution in [0.5, 0.6) is 0 Å². The number of sulfone groups is 1. The molecule has 0 aliphatic rings. The highest BCUT2D eigenvalue weighted by Crippen LogP contribution is 2.28.